The van der Waals surface area contributed by atoms with Crippen LogP contribution in [0.15, 0.2) is 197 Å². The van der Waals surface area contributed by atoms with Crippen molar-refractivity contribution in [3.63, 3.8) is 0 Å². The van der Waals surface area contributed by atoms with E-state index >= 15 is 0 Å². The number of furan rings is 2. The van der Waals surface area contributed by atoms with E-state index in [0.29, 0.717) is 49.3 Å². The van der Waals surface area contributed by atoms with Gasteiger partial charge in [0.05, 0.1) is 50.8 Å². The van der Waals surface area contributed by atoms with Crippen molar-refractivity contribution in [1.82, 2.24) is 0 Å². The second-order valence-electron chi connectivity index (χ2n) is 20.0. The number of aliphatic hydroxyl groups is 2. The molecule has 6 atom stereocenters. The Kier molecular flexibility index (Phi) is 16.0. The van der Waals surface area contributed by atoms with Gasteiger partial charge in [-0.2, -0.15) is 0 Å². The van der Waals surface area contributed by atoms with E-state index in [1.54, 1.807) is 18.2 Å². The van der Waals surface area contributed by atoms with Gasteiger partial charge in [0.25, 0.3) is 8.32 Å². The third-order valence-corrected chi connectivity index (χ3v) is 18.8. The van der Waals surface area contributed by atoms with Crippen molar-refractivity contribution >= 4 is 29.5 Å². The minimum atomic E-state index is -2.81. The first kappa shape index (κ1) is 50.0. The van der Waals surface area contributed by atoms with Gasteiger partial charge in [0.15, 0.2) is 0 Å². The predicted octanol–water partition coefficient (Wildman–Crippen LogP) is 11.7. The highest BCUT2D eigenvalue weighted by Gasteiger charge is 2.51. The first-order valence-electron chi connectivity index (χ1n) is 24.8. The Bertz CT molecular complexity index is 2840. The third-order valence-electron chi connectivity index (χ3n) is 13.8. The molecule has 0 spiro atoms. The second kappa shape index (κ2) is 22.7. The Morgan fingerprint density at radius 1 is 0.577 bits per heavy atom. The molecule has 368 valence electrons. The summed E-state index contributed by atoms with van der Waals surface area (Å²) >= 11 is 0. The molecule has 8 aromatic rings. The van der Waals surface area contributed by atoms with E-state index in [9.17, 15) is 10.2 Å². The number of ether oxygens (including phenoxy) is 4. The van der Waals surface area contributed by atoms with Crippen LogP contribution in [0.4, 0.5) is 0 Å². The van der Waals surface area contributed by atoms with E-state index in [1.807, 2.05) is 85.8 Å². The van der Waals surface area contributed by atoms with Crippen LogP contribution in [0.2, 0.25) is 5.04 Å². The van der Waals surface area contributed by atoms with Crippen molar-refractivity contribution in [3.05, 3.63) is 228 Å². The summed E-state index contributed by atoms with van der Waals surface area (Å²) < 4.78 is 46.6. The Morgan fingerprint density at radius 3 is 1.77 bits per heavy atom. The van der Waals surface area contributed by atoms with Crippen LogP contribution in [0.3, 0.4) is 0 Å². The van der Waals surface area contributed by atoms with Gasteiger partial charge in [0.2, 0.25) is 0 Å². The maximum atomic E-state index is 12.0. The lowest BCUT2D eigenvalue weighted by Crippen LogP contribution is -2.66. The molecule has 9 rings (SSSR count). The van der Waals surface area contributed by atoms with Crippen molar-refractivity contribution in [3.8, 4) is 0 Å². The van der Waals surface area contributed by atoms with E-state index < -0.39 is 38.3 Å². The fraction of sp³-hybridized carbons (Fsp3) is 0.311. The summed E-state index contributed by atoms with van der Waals surface area (Å²) in [5, 5.41) is 28.0. The lowest BCUT2D eigenvalue weighted by atomic mass is 9.83. The van der Waals surface area contributed by atoms with Crippen LogP contribution in [-0.2, 0) is 56.2 Å². The van der Waals surface area contributed by atoms with Gasteiger partial charge in [-0.15, -0.1) is 0 Å². The minimum absolute atomic E-state index is 0.141. The molecule has 0 aliphatic carbocycles. The number of hydrogen-bond donors (Lipinski definition) is 2. The van der Waals surface area contributed by atoms with Crippen LogP contribution >= 0.6 is 0 Å². The van der Waals surface area contributed by atoms with Crippen molar-refractivity contribution in [2.75, 3.05) is 6.61 Å². The summed E-state index contributed by atoms with van der Waals surface area (Å²) in [5.41, 5.74) is 2.16. The summed E-state index contributed by atoms with van der Waals surface area (Å²) in [5.74, 6) is 1.90. The maximum Gasteiger partial charge on any atom is 0.261 e. The SMILES string of the molecule is CC(C)(C)[Si](OCc1ccc([C@H](O)Cc2ccc([C@H](O)C[C@]3(C)O[C@H](COCc4ccccc4)[C@@H](OCc4ccccc4)C[C@H]3OCc3ccc4ccccc4c3)o2)o1)(c1ccccc1)c1ccccc1. The Morgan fingerprint density at radius 2 is 1.13 bits per heavy atom. The molecule has 71 heavy (non-hydrogen) atoms. The number of fused-ring (bicyclic) bond motifs is 1. The van der Waals surface area contributed by atoms with Gasteiger partial charge in [-0.25, -0.2) is 0 Å². The molecule has 0 amide bonds. The minimum Gasteiger partial charge on any atom is -0.463 e. The molecular formula is C61H66O9Si. The Hall–Kier alpha value is -5.92. The molecule has 1 aliphatic rings. The van der Waals surface area contributed by atoms with Crippen LogP contribution in [0, 0.1) is 0 Å². The monoisotopic (exact) mass is 970 g/mol. The summed E-state index contributed by atoms with van der Waals surface area (Å²) in [4.78, 5) is 0. The number of hydrogen-bond acceptors (Lipinski definition) is 9. The van der Waals surface area contributed by atoms with Gasteiger partial charge < -0.3 is 42.4 Å². The Labute approximate surface area is 419 Å². The summed E-state index contributed by atoms with van der Waals surface area (Å²) in [7, 11) is -2.81. The lowest BCUT2D eigenvalue weighted by Gasteiger charge is -2.48. The normalized spacial score (nSPS) is 19.4. The molecule has 0 saturated carbocycles. The van der Waals surface area contributed by atoms with Crippen LogP contribution < -0.4 is 10.4 Å². The predicted molar refractivity (Wildman–Crippen MR) is 280 cm³/mol. The topological polar surface area (TPSA) is 113 Å². The van der Waals surface area contributed by atoms with Crippen LogP contribution in [0.5, 0.6) is 0 Å². The standard InChI is InChI=1S/C61H66O9Si/c1-60(2,3)71(51-25-13-7-14-26-51,52-27-15-8-16-28-52)67-42-50-32-34-55(69-50)53(62)36-49-31-33-56(68-49)54(63)38-61(4)59(66-41-46-29-30-47-23-17-18-24-48(47)35-46)37-57(65-40-45-21-11-6-12-22-45)58(70-61)43-64-39-44-19-9-5-10-20-44/h5-35,53-54,57-59,62-63H,36-43H2,1-4H3/t53-,54-,57+,58-,59-,61+/m1/s1. The molecule has 0 bridgehead atoms. The zero-order valence-electron chi connectivity index (χ0n) is 41.2. The quantitative estimate of drug-likeness (QED) is 0.0680. The van der Waals surface area contributed by atoms with Crippen LogP contribution in [0.1, 0.15) is 92.5 Å². The molecular weight excluding hydrogens is 905 g/mol. The molecule has 1 saturated heterocycles. The largest absolute Gasteiger partial charge is 0.463 e. The lowest BCUT2D eigenvalue weighted by molar-refractivity contribution is -0.262. The number of aliphatic hydroxyl groups excluding tert-OH is 2. The molecule has 0 unspecified atom stereocenters. The van der Waals surface area contributed by atoms with Crippen molar-refractivity contribution < 1.29 is 42.4 Å². The molecule has 0 radical (unpaired) electrons. The zero-order valence-corrected chi connectivity index (χ0v) is 42.2. The van der Waals surface area contributed by atoms with E-state index in [0.717, 1.165) is 27.5 Å². The second-order valence-corrected chi connectivity index (χ2v) is 24.3. The zero-order chi connectivity index (χ0) is 49.3. The van der Waals surface area contributed by atoms with Gasteiger partial charge in [-0.1, -0.05) is 178 Å². The van der Waals surface area contributed by atoms with Gasteiger partial charge in [-0.05, 0) is 80.1 Å². The van der Waals surface area contributed by atoms with Gasteiger partial charge in [0.1, 0.15) is 41.4 Å². The molecule has 2 N–H and O–H groups in total. The molecule has 2 aromatic heterocycles. The van der Waals surface area contributed by atoms with E-state index in [-0.39, 0.29) is 37.2 Å². The van der Waals surface area contributed by atoms with Gasteiger partial charge >= 0.3 is 0 Å². The fourth-order valence-corrected chi connectivity index (χ4v) is 14.6. The van der Waals surface area contributed by atoms with Gasteiger partial charge in [-0.3, -0.25) is 0 Å². The number of rotatable bonds is 21. The average Bonchev–Trinajstić information content (AvgIpc) is 4.07. The third kappa shape index (κ3) is 12.1. The maximum absolute atomic E-state index is 12.0. The summed E-state index contributed by atoms with van der Waals surface area (Å²) in [6.45, 7) is 10.4. The van der Waals surface area contributed by atoms with Crippen molar-refractivity contribution in [1.29, 1.82) is 0 Å². The first-order valence-corrected chi connectivity index (χ1v) is 26.7. The smallest absolute Gasteiger partial charge is 0.261 e. The van der Waals surface area contributed by atoms with Crippen LogP contribution in [0.25, 0.3) is 10.8 Å². The van der Waals surface area contributed by atoms with Gasteiger partial charge in [0, 0.05) is 19.3 Å². The van der Waals surface area contributed by atoms with E-state index in [1.165, 1.54) is 10.4 Å². The fourth-order valence-electron chi connectivity index (χ4n) is 10.1. The van der Waals surface area contributed by atoms with Crippen LogP contribution in [-0.4, -0.2) is 49.1 Å². The van der Waals surface area contributed by atoms with E-state index in [4.69, 9.17) is 32.2 Å². The molecule has 10 heteroatoms. The molecule has 1 aliphatic heterocycles. The highest BCUT2D eigenvalue weighted by molar-refractivity contribution is 6.99. The molecule has 9 nitrogen and oxygen atoms in total. The highest BCUT2D eigenvalue weighted by atomic mass is 28.4. The van der Waals surface area contributed by atoms with Crippen molar-refractivity contribution in [2.45, 2.75) is 115 Å². The summed E-state index contributed by atoms with van der Waals surface area (Å²) in [6.07, 6.45) is -2.54. The van der Waals surface area contributed by atoms with Crippen molar-refractivity contribution in [2.24, 2.45) is 0 Å². The number of benzene rings is 6. The van der Waals surface area contributed by atoms with E-state index in [2.05, 4.69) is 112 Å². The Balaban J connectivity index is 0.901. The first-order chi connectivity index (χ1) is 34.5. The average molecular weight is 971 g/mol. The highest BCUT2D eigenvalue weighted by Crippen LogP contribution is 2.41. The molecule has 3 heterocycles. The summed E-state index contributed by atoms with van der Waals surface area (Å²) in [6, 6.07) is 63.0. The molecule has 6 aromatic carbocycles. The molecule has 1 fully saturated rings.